The maximum atomic E-state index is 12.1. The van der Waals surface area contributed by atoms with E-state index in [4.69, 9.17) is 5.73 Å². The van der Waals surface area contributed by atoms with Crippen molar-refractivity contribution in [3.63, 3.8) is 0 Å². The lowest BCUT2D eigenvalue weighted by molar-refractivity contribution is 0.0651. The lowest BCUT2D eigenvalue weighted by atomic mass is 10.1. The fourth-order valence-corrected chi connectivity index (χ4v) is 2.51. The van der Waals surface area contributed by atoms with Crippen molar-refractivity contribution >= 4 is 17.5 Å². The van der Waals surface area contributed by atoms with E-state index in [0.29, 0.717) is 23.4 Å². The highest BCUT2D eigenvalue weighted by Gasteiger charge is 2.36. The number of rotatable bonds is 4. The van der Waals surface area contributed by atoms with Crippen LogP contribution in [0.3, 0.4) is 0 Å². The summed E-state index contributed by atoms with van der Waals surface area (Å²) in [5, 5.41) is 0. The summed E-state index contributed by atoms with van der Waals surface area (Å²) in [5.74, 6) is 0.396. The first kappa shape index (κ1) is 11.3. The Labute approximate surface area is 106 Å². The van der Waals surface area contributed by atoms with E-state index in [9.17, 15) is 9.59 Å². The maximum absolute atomic E-state index is 12.1. The molecule has 0 unspecified atom stereocenters. The van der Waals surface area contributed by atoms with E-state index in [1.54, 1.807) is 18.2 Å². The van der Waals surface area contributed by atoms with Crippen LogP contribution in [0.25, 0.3) is 0 Å². The summed E-state index contributed by atoms with van der Waals surface area (Å²) in [6, 6.07) is 5.05. The van der Waals surface area contributed by atoms with Gasteiger partial charge in [-0.2, -0.15) is 0 Å². The first-order valence-electron chi connectivity index (χ1n) is 6.43. The number of nitrogens with two attached hydrogens (primary N) is 1. The smallest absolute Gasteiger partial charge is 0.263 e. The second-order valence-electron chi connectivity index (χ2n) is 5.12. The lowest BCUT2D eigenvalue weighted by Crippen LogP contribution is -2.30. The summed E-state index contributed by atoms with van der Waals surface area (Å²) in [4.78, 5) is 25.6. The normalized spacial score (nSPS) is 18.3. The van der Waals surface area contributed by atoms with E-state index in [0.717, 1.165) is 18.8 Å². The monoisotopic (exact) mass is 244 g/mol. The number of carbonyl (C=O) groups excluding carboxylic acids is 2. The number of benzene rings is 1. The maximum Gasteiger partial charge on any atom is 0.263 e. The molecule has 2 amide bonds. The van der Waals surface area contributed by atoms with Gasteiger partial charge in [0.05, 0.1) is 11.1 Å². The van der Waals surface area contributed by atoms with Crippen molar-refractivity contribution in [3.8, 4) is 0 Å². The van der Waals surface area contributed by atoms with Crippen molar-refractivity contribution in [2.45, 2.75) is 25.7 Å². The van der Waals surface area contributed by atoms with Crippen molar-refractivity contribution < 1.29 is 9.59 Å². The van der Waals surface area contributed by atoms with E-state index < -0.39 is 0 Å². The van der Waals surface area contributed by atoms with Gasteiger partial charge in [0.1, 0.15) is 0 Å². The minimum absolute atomic E-state index is 0.196. The molecule has 1 heterocycles. The van der Waals surface area contributed by atoms with Gasteiger partial charge in [-0.3, -0.25) is 14.5 Å². The fraction of sp³-hybridized carbons (Fsp3) is 0.429. The number of nitrogens with zero attached hydrogens (tertiary/aromatic N) is 1. The SMILES string of the molecule is Nc1cccc2c1C(=O)N(CCCC1CC1)C2=O. The summed E-state index contributed by atoms with van der Waals surface area (Å²) >= 11 is 0. The van der Waals surface area contributed by atoms with Crippen LogP contribution >= 0.6 is 0 Å². The van der Waals surface area contributed by atoms with Crippen LogP contribution in [0.15, 0.2) is 18.2 Å². The summed E-state index contributed by atoms with van der Waals surface area (Å²) in [6.07, 6.45) is 4.61. The molecule has 0 saturated heterocycles. The highest BCUT2D eigenvalue weighted by molar-refractivity contribution is 6.23. The minimum Gasteiger partial charge on any atom is -0.398 e. The van der Waals surface area contributed by atoms with Gasteiger partial charge in [0.25, 0.3) is 11.8 Å². The lowest BCUT2D eigenvalue weighted by Gasteiger charge is -2.13. The Morgan fingerprint density at radius 2 is 2.00 bits per heavy atom. The predicted octanol–water partition coefficient (Wildman–Crippen LogP) is 2.06. The highest BCUT2D eigenvalue weighted by Crippen LogP contribution is 2.34. The molecule has 4 nitrogen and oxygen atoms in total. The van der Waals surface area contributed by atoms with Gasteiger partial charge in [-0.05, 0) is 30.9 Å². The Morgan fingerprint density at radius 3 is 2.67 bits per heavy atom. The molecule has 3 rings (SSSR count). The van der Waals surface area contributed by atoms with Crippen LogP contribution in [-0.2, 0) is 0 Å². The van der Waals surface area contributed by atoms with E-state index in [1.165, 1.54) is 17.7 Å². The molecule has 2 aliphatic rings. The van der Waals surface area contributed by atoms with Crippen molar-refractivity contribution in [3.05, 3.63) is 29.3 Å². The Balaban J connectivity index is 1.76. The van der Waals surface area contributed by atoms with Crippen LogP contribution in [0.5, 0.6) is 0 Å². The Morgan fingerprint density at radius 1 is 1.22 bits per heavy atom. The van der Waals surface area contributed by atoms with Crippen molar-refractivity contribution in [2.24, 2.45) is 5.92 Å². The second-order valence-corrected chi connectivity index (χ2v) is 5.12. The second kappa shape index (κ2) is 4.12. The topological polar surface area (TPSA) is 63.4 Å². The zero-order valence-corrected chi connectivity index (χ0v) is 10.2. The predicted molar refractivity (Wildman–Crippen MR) is 68.2 cm³/mol. The first-order chi connectivity index (χ1) is 8.68. The number of hydrogen-bond acceptors (Lipinski definition) is 3. The molecule has 0 bridgehead atoms. The first-order valence-corrected chi connectivity index (χ1v) is 6.43. The number of anilines is 1. The van der Waals surface area contributed by atoms with E-state index in [1.807, 2.05) is 0 Å². The van der Waals surface area contributed by atoms with Crippen LogP contribution in [0.2, 0.25) is 0 Å². The zero-order valence-electron chi connectivity index (χ0n) is 10.2. The van der Waals surface area contributed by atoms with Gasteiger partial charge in [-0.25, -0.2) is 0 Å². The zero-order chi connectivity index (χ0) is 12.7. The minimum atomic E-state index is -0.233. The van der Waals surface area contributed by atoms with Crippen LogP contribution < -0.4 is 5.73 Å². The average molecular weight is 244 g/mol. The number of fused-ring (bicyclic) bond motifs is 1. The van der Waals surface area contributed by atoms with Gasteiger partial charge >= 0.3 is 0 Å². The Bertz CT molecular complexity index is 521. The van der Waals surface area contributed by atoms with Gasteiger partial charge in [-0.15, -0.1) is 0 Å². The van der Waals surface area contributed by atoms with Crippen LogP contribution in [0, 0.1) is 5.92 Å². The molecule has 4 heteroatoms. The third-order valence-electron chi connectivity index (χ3n) is 3.72. The third-order valence-corrected chi connectivity index (χ3v) is 3.72. The number of hydrogen-bond donors (Lipinski definition) is 1. The quantitative estimate of drug-likeness (QED) is 0.651. The fourth-order valence-electron chi connectivity index (χ4n) is 2.51. The molecule has 1 aromatic carbocycles. The van der Waals surface area contributed by atoms with Gasteiger partial charge in [0.15, 0.2) is 0 Å². The number of amides is 2. The van der Waals surface area contributed by atoms with E-state index >= 15 is 0 Å². The molecule has 0 radical (unpaired) electrons. The Kier molecular flexibility index (Phi) is 2.58. The van der Waals surface area contributed by atoms with Crippen LogP contribution in [0.1, 0.15) is 46.4 Å². The molecule has 0 spiro atoms. The number of imide groups is 1. The molecule has 1 aromatic rings. The van der Waals surface area contributed by atoms with Crippen LogP contribution in [-0.4, -0.2) is 23.3 Å². The van der Waals surface area contributed by atoms with Gasteiger partial charge in [-0.1, -0.05) is 18.9 Å². The van der Waals surface area contributed by atoms with Crippen molar-refractivity contribution in [2.75, 3.05) is 12.3 Å². The van der Waals surface area contributed by atoms with E-state index in [-0.39, 0.29) is 11.8 Å². The number of carbonyl (C=O) groups is 2. The molecular weight excluding hydrogens is 228 g/mol. The molecule has 94 valence electrons. The van der Waals surface area contributed by atoms with Gasteiger partial charge < -0.3 is 5.73 Å². The molecular formula is C14H16N2O2. The molecule has 0 atom stereocenters. The van der Waals surface area contributed by atoms with Crippen LogP contribution in [0.4, 0.5) is 5.69 Å². The molecule has 1 saturated carbocycles. The summed E-state index contributed by atoms with van der Waals surface area (Å²) < 4.78 is 0. The largest absolute Gasteiger partial charge is 0.398 e. The standard InChI is InChI=1S/C14H16N2O2/c15-11-5-1-4-10-12(11)14(18)16(13(10)17)8-2-3-9-6-7-9/h1,4-5,9H,2-3,6-8,15H2. The summed E-state index contributed by atoms with van der Waals surface area (Å²) in [5.41, 5.74) is 7.01. The number of nitrogen functional groups attached to an aromatic ring is 1. The van der Waals surface area contributed by atoms with Crippen molar-refractivity contribution in [1.82, 2.24) is 4.90 Å². The average Bonchev–Trinajstić information content (AvgIpc) is 3.13. The molecule has 2 N–H and O–H groups in total. The molecule has 0 aromatic heterocycles. The van der Waals surface area contributed by atoms with E-state index in [2.05, 4.69) is 0 Å². The summed E-state index contributed by atoms with van der Waals surface area (Å²) in [6.45, 7) is 0.516. The third kappa shape index (κ3) is 1.78. The molecule has 18 heavy (non-hydrogen) atoms. The molecule has 1 fully saturated rings. The summed E-state index contributed by atoms with van der Waals surface area (Å²) in [7, 11) is 0. The molecule has 1 aliphatic heterocycles. The van der Waals surface area contributed by atoms with Crippen molar-refractivity contribution in [1.29, 1.82) is 0 Å². The highest BCUT2D eigenvalue weighted by atomic mass is 16.2. The Hall–Kier alpha value is -1.84. The van der Waals surface area contributed by atoms with Gasteiger partial charge in [0, 0.05) is 12.2 Å². The van der Waals surface area contributed by atoms with Gasteiger partial charge in [0.2, 0.25) is 0 Å². The molecule has 1 aliphatic carbocycles.